The van der Waals surface area contributed by atoms with Gasteiger partial charge in [-0.15, -0.1) is 0 Å². The second-order valence-corrected chi connectivity index (χ2v) is 5.10. The van der Waals surface area contributed by atoms with Gasteiger partial charge in [0, 0.05) is 29.8 Å². The Labute approximate surface area is 119 Å². The summed E-state index contributed by atoms with van der Waals surface area (Å²) in [5.41, 5.74) is 3.87. The normalized spacial score (nSPS) is 11.6. The third-order valence-electron chi connectivity index (χ3n) is 2.69. The van der Waals surface area contributed by atoms with Crippen molar-refractivity contribution in [3.63, 3.8) is 0 Å². The van der Waals surface area contributed by atoms with Crippen LogP contribution in [0.2, 0.25) is 0 Å². The lowest BCUT2D eigenvalue weighted by Gasteiger charge is -2.31. The second kappa shape index (κ2) is 6.55. The van der Waals surface area contributed by atoms with Crippen LogP contribution in [0.5, 0.6) is 0 Å². The predicted octanol–water partition coefficient (Wildman–Crippen LogP) is 1.42. The van der Waals surface area contributed by atoms with Crippen molar-refractivity contribution < 1.29 is 24.4 Å². The van der Waals surface area contributed by atoms with Gasteiger partial charge in [-0.3, -0.25) is 5.73 Å². The third kappa shape index (κ3) is 3.71. The summed E-state index contributed by atoms with van der Waals surface area (Å²) in [6.07, 6.45) is 0.497. The number of hydrogen-bond acceptors (Lipinski definition) is 3. The number of methoxy groups -OCH3 is 2. The molecule has 0 atom stereocenters. The summed E-state index contributed by atoms with van der Waals surface area (Å²) in [4.78, 5) is 11.0. The first-order chi connectivity index (χ1) is 8.43. The van der Waals surface area contributed by atoms with Crippen molar-refractivity contribution in [3.8, 4) is 0 Å². The Balaban J connectivity index is 3.12. The molecule has 0 unspecified atom stereocenters. The highest BCUT2D eigenvalue weighted by molar-refractivity contribution is 14.1. The van der Waals surface area contributed by atoms with E-state index in [9.17, 15) is 9.18 Å². The number of carbonyl (C=O) groups excluding carboxylic acids is 1. The number of hydrogen-bond donors (Lipinski definition) is 1. The molecule has 0 spiro atoms. The molecule has 0 heterocycles. The Morgan fingerprint density at radius 2 is 2.00 bits per heavy atom. The van der Waals surface area contributed by atoms with Gasteiger partial charge in [-0.1, -0.05) is 0 Å². The molecule has 0 saturated carbocycles. The molecule has 18 heavy (non-hydrogen) atoms. The zero-order valence-corrected chi connectivity index (χ0v) is 12.5. The monoisotopic (exact) mass is 368 g/mol. The van der Waals surface area contributed by atoms with E-state index in [-0.39, 0.29) is 18.1 Å². The molecule has 3 N–H and O–H groups in total. The van der Waals surface area contributed by atoms with Gasteiger partial charge in [-0.05, 0) is 40.8 Å². The van der Waals surface area contributed by atoms with Gasteiger partial charge in [0.05, 0.1) is 6.42 Å². The Kier molecular flexibility index (Phi) is 5.64. The van der Waals surface area contributed by atoms with Gasteiger partial charge in [0.25, 0.3) is 0 Å². The van der Waals surface area contributed by atoms with Crippen molar-refractivity contribution in [3.05, 3.63) is 33.1 Å². The van der Waals surface area contributed by atoms with Crippen LogP contribution in [0.15, 0.2) is 18.2 Å². The molecule has 0 aliphatic heterocycles. The zero-order chi connectivity index (χ0) is 13.8. The molecule has 0 aliphatic carbocycles. The highest BCUT2D eigenvalue weighted by atomic mass is 127. The minimum atomic E-state index is -1.12. The van der Waals surface area contributed by atoms with Crippen LogP contribution in [0.25, 0.3) is 0 Å². The van der Waals surface area contributed by atoms with Crippen LogP contribution in [0.4, 0.5) is 4.39 Å². The molecule has 1 rings (SSSR count). The molecule has 0 radical (unpaired) electrons. The van der Waals surface area contributed by atoms with Crippen LogP contribution < -0.4 is 5.73 Å². The molecule has 0 saturated heterocycles. The van der Waals surface area contributed by atoms with Crippen LogP contribution in [-0.2, 0) is 20.1 Å². The summed E-state index contributed by atoms with van der Waals surface area (Å²) in [5, 5.41) is 0. The second-order valence-electron chi connectivity index (χ2n) is 3.86. The summed E-state index contributed by atoms with van der Waals surface area (Å²) in [6.45, 7) is 0. The lowest BCUT2D eigenvalue weighted by molar-refractivity contribution is -0.309. The molecule has 0 bridgehead atoms. The van der Waals surface area contributed by atoms with Gasteiger partial charge in [0.1, 0.15) is 5.82 Å². The summed E-state index contributed by atoms with van der Waals surface area (Å²) in [5.74, 6) is -1.69. The summed E-state index contributed by atoms with van der Waals surface area (Å²) < 4.78 is 24.9. The van der Waals surface area contributed by atoms with Crippen molar-refractivity contribution in [2.75, 3.05) is 14.2 Å². The van der Waals surface area contributed by atoms with Crippen LogP contribution in [0, 0.1) is 9.39 Å². The number of rotatable bonds is 6. The Bertz CT molecular complexity index is 415. The molecule has 1 amide bonds. The molecule has 6 heteroatoms. The van der Waals surface area contributed by atoms with Gasteiger partial charge < -0.3 is 9.47 Å². The van der Waals surface area contributed by atoms with E-state index in [1.807, 2.05) is 22.6 Å². The van der Waals surface area contributed by atoms with E-state index in [0.29, 0.717) is 12.0 Å². The first-order valence-electron chi connectivity index (χ1n) is 5.35. The van der Waals surface area contributed by atoms with Gasteiger partial charge in [-0.25, -0.2) is 9.18 Å². The highest BCUT2D eigenvalue weighted by Crippen LogP contribution is 2.32. The van der Waals surface area contributed by atoms with E-state index in [4.69, 9.17) is 9.47 Å². The zero-order valence-electron chi connectivity index (χ0n) is 10.3. The maximum atomic E-state index is 13.4. The molecular weight excluding hydrogens is 352 g/mol. The first-order valence-corrected chi connectivity index (χ1v) is 6.43. The number of halogens is 2. The van der Waals surface area contributed by atoms with E-state index in [0.717, 1.165) is 3.57 Å². The fraction of sp³-hybridized carbons (Fsp3) is 0.417. The fourth-order valence-electron chi connectivity index (χ4n) is 1.75. The van der Waals surface area contributed by atoms with Crippen molar-refractivity contribution in [2.45, 2.75) is 18.6 Å². The van der Waals surface area contributed by atoms with Gasteiger partial charge in [-0.2, -0.15) is 0 Å². The van der Waals surface area contributed by atoms with Gasteiger partial charge in [0.15, 0.2) is 5.79 Å². The SMILES string of the molecule is COC(CCC([NH3+])=O)(OC)c1cc(F)cc(I)c1. The van der Waals surface area contributed by atoms with E-state index in [1.54, 1.807) is 6.07 Å². The molecule has 1 aromatic rings. The molecule has 0 fully saturated rings. The van der Waals surface area contributed by atoms with Gasteiger partial charge in [0.2, 0.25) is 0 Å². The van der Waals surface area contributed by atoms with E-state index < -0.39 is 5.79 Å². The summed E-state index contributed by atoms with van der Waals surface area (Å²) in [7, 11) is 2.93. The van der Waals surface area contributed by atoms with Crippen molar-refractivity contribution >= 4 is 28.5 Å². The standard InChI is InChI=1S/C12H15FINO3/c1-17-12(18-2,4-3-11(15)16)8-5-9(13)7-10(14)6-8/h5-7H,3-4H2,1-2H3,(H2,15,16)/p+1. The number of ether oxygens (including phenoxy) is 2. The largest absolute Gasteiger partial charge is 0.349 e. The summed E-state index contributed by atoms with van der Waals surface area (Å²) >= 11 is 2.02. The van der Waals surface area contributed by atoms with Crippen LogP contribution >= 0.6 is 22.6 Å². The maximum absolute atomic E-state index is 13.4. The molecule has 4 nitrogen and oxygen atoms in total. The Morgan fingerprint density at radius 1 is 1.39 bits per heavy atom. The topological polar surface area (TPSA) is 63.2 Å². The van der Waals surface area contributed by atoms with E-state index >= 15 is 0 Å². The smallest absolute Gasteiger partial charge is 0.309 e. The Morgan fingerprint density at radius 3 is 2.44 bits per heavy atom. The van der Waals surface area contributed by atoms with E-state index in [2.05, 4.69) is 5.73 Å². The maximum Gasteiger partial charge on any atom is 0.309 e. The van der Waals surface area contributed by atoms with Crippen molar-refractivity contribution in [2.24, 2.45) is 0 Å². The van der Waals surface area contributed by atoms with Crippen LogP contribution in [0.1, 0.15) is 18.4 Å². The lowest BCUT2D eigenvalue weighted by atomic mass is 10.00. The van der Waals surface area contributed by atoms with Gasteiger partial charge >= 0.3 is 5.91 Å². The van der Waals surface area contributed by atoms with Crippen LogP contribution in [-0.4, -0.2) is 20.1 Å². The average Bonchev–Trinajstić information content (AvgIpc) is 2.29. The quantitative estimate of drug-likeness (QED) is 0.610. The van der Waals surface area contributed by atoms with E-state index in [1.165, 1.54) is 26.4 Å². The number of carbonyl (C=O) groups is 1. The lowest BCUT2D eigenvalue weighted by Crippen LogP contribution is -2.57. The van der Waals surface area contributed by atoms with Crippen molar-refractivity contribution in [1.82, 2.24) is 0 Å². The van der Waals surface area contributed by atoms with Crippen molar-refractivity contribution in [1.29, 1.82) is 0 Å². The minimum absolute atomic E-state index is 0.203. The Hall–Kier alpha value is -0.570. The molecule has 100 valence electrons. The highest BCUT2D eigenvalue weighted by Gasteiger charge is 2.33. The number of amides is 1. The molecule has 1 aromatic carbocycles. The fourth-order valence-corrected chi connectivity index (χ4v) is 2.38. The number of quaternary nitrogens is 1. The average molecular weight is 368 g/mol. The molecule has 0 aliphatic rings. The minimum Gasteiger partial charge on any atom is -0.349 e. The summed E-state index contributed by atoms with van der Waals surface area (Å²) in [6, 6.07) is 4.53. The number of benzene rings is 1. The first kappa shape index (κ1) is 15.5. The molecule has 0 aromatic heterocycles. The molecular formula is C12H16FINO3+. The predicted molar refractivity (Wildman–Crippen MR) is 71.9 cm³/mol. The van der Waals surface area contributed by atoms with Crippen LogP contribution in [0.3, 0.4) is 0 Å². The third-order valence-corrected chi connectivity index (χ3v) is 3.32.